The van der Waals surface area contributed by atoms with Crippen molar-refractivity contribution in [1.82, 2.24) is 9.80 Å². The molecule has 2 rings (SSSR count). The number of likely N-dealkylation sites (tertiary alicyclic amines) is 1. The number of hydrogen-bond donors (Lipinski definition) is 0. The minimum absolute atomic E-state index is 0.00808. The number of likely N-dealkylation sites (N-methyl/N-ethyl adjacent to an activating group) is 2. The van der Waals surface area contributed by atoms with Gasteiger partial charge in [-0.1, -0.05) is 32.0 Å². The molecule has 20 heavy (non-hydrogen) atoms. The van der Waals surface area contributed by atoms with Crippen LogP contribution in [0.4, 0.5) is 0 Å². The van der Waals surface area contributed by atoms with Gasteiger partial charge in [0, 0.05) is 30.2 Å². The zero-order chi connectivity index (χ0) is 14.8. The average molecular weight is 276 g/mol. The number of rotatable bonds is 6. The van der Waals surface area contributed by atoms with E-state index in [-0.39, 0.29) is 5.54 Å². The second-order valence-electron chi connectivity index (χ2n) is 6.05. The van der Waals surface area contributed by atoms with Crippen LogP contribution in [0.2, 0.25) is 0 Å². The molecule has 0 saturated carbocycles. The van der Waals surface area contributed by atoms with Crippen LogP contribution in [0.25, 0.3) is 0 Å². The van der Waals surface area contributed by atoms with Gasteiger partial charge in [0.15, 0.2) is 0 Å². The van der Waals surface area contributed by atoms with Gasteiger partial charge in [-0.25, -0.2) is 0 Å². The van der Waals surface area contributed by atoms with E-state index in [9.17, 15) is 0 Å². The van der Waals surface area contributed by atoms with Crippen molar-refractivity contribution < 1.29 is 4.74 Å². The maximum atomic E-state index is 5.56. The third-order valence-corrected chi connectivity index (χ3v) is 4.65. The molecule has 0 unspecified atom stereocenters. The maximum absolute atomic E-state index is 5.56. The second kappa shape index (κ2) is 6.15. The Balaban J connectivity index is 2.23. The molecule has 1 aliphatic rings. The topological polar surface area (TPSA) is 15.7 Å². The molecule has 0 atom stereocenters. The number of para-hydroxylation sites is 1. The molecule has 1 aromatic rings. The molecule has 3 nitrogen and oxygen atoms in total. The van der Waals surface area contributed by atoms with Crippen molar-refractivity contribution in [2.45, 2.75) is 39.3 Å². The molecule has 1 aliphatic heterocycles. The van der Waals surface area contributed by atoms with Crippen LogP contribution in [0.5, 0.6) is 5.75 Å². The van der Waals surface area contributed by atoms with E-state index in [4.69, 9.17) is 4.74 Å². The van der Waals surface area contributed by atoms with Crippen molar-refractivity contribution in [2.24, 2.45) is 0 Å². The minimum Gasteiger partial charge on any atom is -0.496 e. The Morgan fingerprint density at radius 2 is 1.90 bits per heavy atom. The van der Waals surface area contributed by atoms with Crippen LogP contribution in [0, 0.1) is 0 Å². The first-order valence-electron chi connectivity index (χ1n) is 7.67. The predicted octanol–water partition coefficient (Wildman–Crippen LogP) is 2.96. The van der Waals surface area contributed by atoms with Crippen LogP contribution in [0.15, 0.2) is 24.3 Å². The molecular weight excluding hydrogens is 248 g/mol. The lowest BCUT2D eigenvalue weighted by molar-refractivity contribution is -0.0203. The Hall–Kier alpha value is -1.06. The normalized spacial score (nSPS) is 17.3. The van der Waals surface area contributed by atoms with Gasteiger partial charge in [0.05, 0.1) is 7.11 Å². The van der Waals surface area contributed by atoms with Gasteiger partial charge < -0.3 is 9.64 Å². The van der Waals surface area contributed by atoms with Crippen LogP contribution in [-0.2, 0) is 5.54 Å². The van der Waals surface area contributed by atoms with Gasteiger partial charge in [0.1, 0.15) is 5.75 Å². The van der Waals surface area contributed by atoms with Gasteiger partial charge in [-0.2, -0.15) is 0 Å². The first kappa shape index (κ1) is 15.3. The molecule has 0 spiro atoms. The quantitative estimate of drug-likeness (QED) is 0.794. The molecule has 0 aromatic heterocycles. The molecule has 0 bridgehead atoms. The molecule has 0 aliphatic carbocycles. The van der Waals surface area contributed by atoms with Crippen LogP contribution in [0.3, 0.4) is 0 Å². The molecule has 1 saturated heterocycles. The highest BCUT2D eigenvalue weighted by atomic mass is 16.5. The van der Waals surface area contributed by atoms with E-state index in [2.05, 4.69) is 55.7 Å². The van der Waals surface area contributed by atoms with Crippen molar-refractivity contribution in [3.05, 3.63) is 29.8 Å². The Morgan fingerprint density at radius 1 is 1.25 bits per heavy atom. The SMILES string of the molecule is CCN1CC(N(CC)C(C)(C)c2ccccc2OC)C1. The fourth-order valence-electron chi connectivity index (χ4n) is 3.41. The van der Waals surface area contributed by atoms with Gasteiger partial charge in [0.2, 0.25) is 0 Å². The molecule has 1 fully saturated rings. The average Bonchev–Trinajstić information content (AvgIpc) is 2.41. The van der Waals surface area contributed by atoms with Crippen molar-refractivity contribution in [3.63, 3.8) is 0 Å². The number of benzene rings is 1. The Kier molecular flexibility index (Phi) is 4.71. The van der Waals surface area contributed by atoms with Crippen molar-refractivity contribution >= 4 is 0 Å². The summed E-state index contributed by atoms with van der Waals surface area (Å²) < 4.78 is 5.56. The lowest BCUT2D eigenvalue weighted by atomic mass is 9.88. The van der Waals surface area contributed by atoms with Crippen LogP contribution in [-0.4, -0.2) is 49.1 Å². The van der Waals surface area contributed by atoms with Gasteiger partial charge in [-0.05, 0) is 33.0 Å². The van der Waals surface area contributed by atoms with Crippen LogP contribution in [0.1, 0.15) is 33.3 Å². The minimum atomic E-state index is -0.00808. The van der Waals surface area contributed by atoms with Crippen LogP contribution < -0.4 is 4.74 Å². The third-order valence-electron chi connectivity index (χ3n) is 4.65. The van der Waals surface area contributed by atoms with Gasteiger partial charge in [-0.3, -0.25) is 4.90 Å². The molecule has 3 heteroatoms. The fourth-order valence-corrected chi connectivity index (χ4v) is 3.41. The van der Waals surface area contributed by atoms with Crippen molar-refractivity contribution in [1.29, 1.82) is 0 Å². The summed E-state index contributed by atoms with van der Waals surface area (Å²) in [6, 6.07) is 9.05. The van der Waals surface area contributed by atoms with Crippen molar-refractivity contribution in [2.75, 3.05) is 33.3 Å². The summed E-state index contributed by atoms with van der Waals surface area (Å²) in [7, 11) is 1.76. The highest BCUT2D eigenvalue weighted by molar-refractivity contribution is 5.38. The highest BCUT2D eigenvalue weighted by Crippen LogP contribution is 2.37. The molecule has 0 radical (unpaired) electrons. The summed E-state index contributed by atoms with van der Waals surface area (Å²) in [4.78, 5) is 5.10. The van der Waals surface area contributed by atoms with E-state index >= 15 is 0 Å². The predicted molar refractivity (Wildman–Crippen MR) is 84.3 cm³/mol. The zero-order valence-electron chi connectivity index (χ0n) is 13.5. The molecule has 0 amide bonds. The first-order chi connectivity index (χ1) is 9.54. The van der Waals surface area contributed by atoms with Gasteiger partial charge >= 0.3 is 0 Å². The van der Waals surface area contributed by atoms with E-state index in [0.717, 1.165) is 18.8 Å². The first-order valence-corrected chi connectivity index (χ1v) is 7.67. The molecule has 1 heterocycles. The maximum Gasteiger partial charge on any atom is 0.123 e. The van der Waals surface area contributed by atoms with Crippen LogP contribution >= 0.6 is 0 Å². The third kappa shape index (κ3) is 2.70. The standard InChI is InChI=1S/C17H28N2O/c1-6-18-12-14(13-18)19(7-2)17(3,4)15-10-8-9-11-16(15)20-5/h8-11,14H,6-7,12-13H2,1-5H3. The summed E-state index contributed by atoms with van der Waals surface area (Å²) >= 11 is 0. The Bertz CT molecular complexity index is 438. The van der Waals surface area contributed by atoms with E-state index in [1.54, 1.807) is 7.11 Å². The molecule has 112 valence electrons. The second-order valence-corrected chi connectivity index (χ2v) is 6.05. The zero-order valence-corrected chi connectivity index (χ0v) is 13.5. The van der Waals surface area contributed by atoms with Gasteiger partial charge in [0.25, 0.3) is 0 Å². The number of nitrogens with zero attached hydrogens (tertiary/aromatic N) is 2. The van der Waals surface area contributed by atoms with E-state index in [1.165, 1.54) is 18.7 Å². The number of ether oxygens (including phenoxy) is 1. The largest absolute Gasteiger partial charge is 0.496 e. The monoisotopic (exact) mass is 276 g/mol. The lowest BCUT2D eigenvalue weighted by Gasteiger charge is -2.51. The van der Waals surface area contributed by atoms with E-state index in [1.807, 2.05) is 6.07 Å². The summed E-state index contributed by atoms with van der Waals surface area (Å²) in [6.07, 6.45) is 0. The van der Waals surface area contributed by atoms with E-state index in [0.29, 0.717) is 6.04 Å². The lowest BCUT2D eigenvalue weighted by Crippen LogP contribution is -2.63. The Labute approximate surface area is 123 Å². The smallest absolute Gasteiger partial charge is 0.123 e. The fraction of sp³-hybridized carbons (Fsp3) is 0.647. The van der Waals surface area contributed by atoms with Crippen molar-refractivity contribution in [3.8, 4) is 5.75 Å². The molecule has 0 N–H and O–H groups in total. The Morgan fingerprint density at radius 3 is 2.45 bits per heavy atom. The van der Waals surface area contributed by atoms with Gasteiger partial charge in [-0.15, -0.1) is 0 Å². The summed E-state index contributed by atoms with van der Waals surface area (Å²) in [5.74, 6) is 0.989. The highest BCUT2D eigenvalue weighted by Gasteiger charge is 2.39. The summed E-state index contributed by atoms with van der Waals surface area (Å²) in [6.45, 7) is 13.7. The van der Waals surface area contributed by atoms with E-state index < -0.39 is 0 Å². The summed E-state index contributed by atoms with van der Waals surface area (Å²) in [5.41, 5.74) is 1.27. The number of hydrogen-bond acceptors (Lipinski definition) is 3. The number of methoxy groups -OCH3 is 1. The molecular formula is C17H28N2O. The molecule has 1 aromatic carbocycles. The summed E-state index contributed by atoms with van der Waals surface area (Å²) in [5, 5.41) is 0.